The number of carboxylic acids is 1. The van der Waals surface area contributed by atoms with Crippen LogP contribution in [0, 0.1) is 6.92 Å². The van der Waals surface area contributed by atoms with Crippen molar-refractivity contribution in [2.24, 2.45) is 0 Å². The Labute approximate surface area is 199 Å². The molecule has 0 spiro atoms. The van der Waals surface area contributed by atoms with Crippen LogP contribution >= 0.6 is 35.0 Å². The molecule has 3 aromatic rings. The number of nitrogens with one attached hydrogen (secondary N) is 1. The van der Waals surface area contributed by atoms with Gasteiger partial charge in [-0.05, 0) is 43.3 Å². The minimum atomic E-state index is -3.91. The fraction of sp³-hybridized carbons (Fsp3) is 0.238. The van der Waals surface area contributed by atoms with Crippen LogP contribution in [-0.4, -0.2) is 53.4 Å². The van der Waals surface area contributed by atoms with E-state index in [1.165, 1.54) is 22.5 Å². The number of aromatic carboxylic acids is 1. The predicted octanol–water partition coefficient (Wildman–Crippen LogP) is 5.03. The van der Waals surface area contributed by atoms with Crippen molar-refractivity contribution in [2.45, 2.75) is 11.8 Å². The lowest BCUT2D eigenvalue weighted by atomic mass is 10.1. The van der Waals surface area contributed by atoms with Gasteiger partial charge in [0.1, 0.15) is 4.90 Å². The number of carboxylic acid groups (broad SMARTS) is 1. The third kappa shape index (κ3) is 4.40. The van der Waals surface area contributed by atoms with Crippen LogP contribution in [0.4, 0.5) is 11.4 Å². The lowest BCUT2D eigenvalue weighted by molar-refractivity contribution is 0.0698. The van der Waals surface area contributed by atoms with Gasteiger partial charge < -0.3 is 10.4 Å². The number of thioether (sulfide) groups is 1. The van der Waals surface area contributed by atoms with E-state index in [4.69, 9.17) is 23.2 Å². The van der Waals surface area contributed by atoms with E-state index < -0.39 is 16.0 Å². The first kappa shape index (κ1) is 23.1. The van der Waals surface area contributed by atoms with Gasteiger partial charge in [-0.15, -0.1) is 0 Å². The molecule has 0 unspecified atom stereocenters. The molecule has 2 aromatic carbocycles. The summed E-state index contributed by atoms with van der Waals surface area (Å²) in [7, 11) is -3.91. The average molecular weight is 512 g/mol. The van der Waals surface area contributed by atoms with Gasteiger partial charge in [0.05, 0.1) is 28.1 Å². The Bertz CT molecular complexity index is 1330. The average Bonchev–Trinajstić information content (AvgIpc) is 2.75. The highest BCUT2D eigenvalue weighted by atomic mass is 35.5. The molecular weight excluding hydrogens is 493 g/mol. The smallest absolute Gasteiger partial charge is 0.337 e. The number of rotatable bonds is 5. The summed E-state index contributed by atoms with van der Waals surface area (Å²) >= 11 is 13.9. The number of nitrogens with zero attached hydrogens (tertiary/aromatic N) is 2. The summed E-state index contributed by atoms with van der Waals surface area (Å²) in [6.07, 6.45) is 0. The zero-order valence-corrected chi connectivity index (χ0v) is 20.1. The van der Waals surface area contributed by atoms with E-state index in [0.717, 1.165) is 0 Å². The Morgan fingerprint density at radius 2 is 1.78 bits per heavy atom. The predicted molar refractivity (Wildman–Crippen MR) is 129 cm³/mol. The van der Waals surface area contributed by atoms with Crippen molar-refractivity contribution in [3.63, 3.8) is 0 Å². The molecule has 1 fully saturated rings. The van der Waals surface area contributed by atoms with E-state index in [-0.39, 0.29) is 26.9 Å². The number of anilines is 2. The van der Waals surface area contributed by atoms with Crippen molar-refractivity contribution >= 4 is 73.2 Å². The Morgan fingerprint density at radius 1 is 1.12 bits per heavy atom. The minimum Gasteiger partial charge on any atom is -0.478 e. The molecule has 32 heavy (non-hydrogen) atoms. The number of halogens is 2. The van der Waals surface area contributed by atoms with E-state index in [9.17, 15) is 18.3 Å². The zero-order valence-electron chi connectivity index (χ0n) is 16.9. The molecule has 7 nitrogen and oxygen atoms in total. The zero-order chi connectivity index (χ0) is 23.0. The first-order valence-electron chi connectivity index (χ1n) is 9.66. The van der Waals surface area contributed by atoms with Gasteiger partial charge in [-0.2, -0.15) is 16.1 Å². The van der Waals surface area contributed by atoms with Crippen molar-refractivity contribution in [1.29, 1.82) is 0 Å². The van der Waals surface area contributed by atoms with Crippen molar-refractivity contribution in [3.05, 3.63) is 57.7 Å². The normalized spacial score (nSPS) is 15.1. The maximum absolute atomic E-state index is 13.7. The number of sulfonamides is 1. The number of aromatic nitrogens is 1. The molecule has 0 atom stereocenters. The fourth-order valence-corrected chi connectivity index (χ4v) is 6.87. The van der Waals surface area contributed by atoms with Crippen LogP contribution in [0.2, 0.25) is 10.0 Å². The monoisotopic (exact) mass is 511 g/mol. The van der Waals surface area contributed by atoms with Gasteiger partial charge in [0.25, 0.3) is 0 Å². The number of aryl methyl sites for hydroxylation is 1. The van der Waals surface area contributed by atoms with Crippen LogP contribution in [0.25, 0.3) is 10.9 Å². The lowest BCUT2D eigenvalue weighted by Gasteiger charge is -2.28. The van der Waals surface area contributed by atoms with Crippen molar-refractivity contribution in [3.8, 4) is 0 Å². The number of hydrogen-bond acceptors (Lipinski definition) is 6. The molecule has 1 saturated heterocycles. The van der Waals surface area contributed by atoms with Crippen LogP contribution in [0.5, 0.6) is 0 Å². The summed E-state index contributed by atoms with van der Waals surface area (Å²) in [4.78, 5) is 16.3. The molecule has 11 heteroatoms. The second kappa shape index (κ2) is 9.07. The molecule has 1 aliphatic rings. The molecular formula is C21H19Cl2N3O4S2. The van der Waals surface area contributed by atoms with Crippen molar-refractivity contribution in [1.82, 2.24) is 9.29 Å². The van der Waals surface area contributed by atoms with Crippen LogP contribution in [-0.2, 0) is 10.0 Å². The molecule has 0 amide bonds. The summed E-state index contributed by atoms with van der Waals surface area (Å²) in [5.74, 6) is 0.211. The molecule has 2 N–H and O–H groups in total. The molecule has 4 rings (SSSR count). The van der Waals surface area contributed by atoms with Crippen molar-refractivity contribution in [2.75, 3.05) is 29.9 Å². The van der Waals surface area contributed by atoms with E-state index in [1.807, 2.05) is 0 Å². The molecule has 0 radical (unpaired) electrons. The Morgan fingerprint density at radius 3 is 2.47 bits per heavy atom. The summed E-state index contributed by atoms with van der Waals surface area (Å²) < 4.78 is 28.8. The molecule has 1 aromatic heterocycles. The number of benzene rings is 2. The van der Waals surface area contributed by atoms with Gasteiger partial charge in [0.15, 0.2) is 0 Å². The number of fused-ring (bicyclic) bond motifs is 1. The van der Waals surface area contributed by atoms with Gasteiger partial charge >= 0.3 is 5.97 Å². The summed E-state index contributed by atoms with van der Waals surface area (Å²) in [5, 5.41) is 13.8. The van der Waals surface area contributed by atoms with E-state index in [0.29, 0.717) is 46.2 Å². The van der Waals surface area contributed by atoms with Gasteiger partial charge in [-0.1, -0.05) is 23.2 Å². The Hall–Kier alpha value is -2.04. The van der Waals surface area contributed by atoms with Gasteiger partial charge in [0, 0.05) is 40.0 Å². The largest absolute Gasteiger partial charge is 0.478 e. The van der Waals surface area contributed by atoms with E-state index in [1.54, 1.807) is 36.9 Å². The first-order valence-corrected chi connectivity index (χ1v) is 13.0. The highest BCUT2D eigenvalue weighted by Gasteiger charge is 2.32. The molecule has 2 heterocycles. The quantitative estimate of drug-likeness (QED) is 0.495. The number of hydrogen-bond donors (Lipinski definition) is 2. The lowest BCUT2D eigenvalue weighted by Crippen LogP contribution is -2.38. The van der Waals surface area contributed by atoms with Crippen molar-refractivity contribution < 1.29 is 18.3 Å². The van der Waals surface area contributed by atoms with Gasteiger partial charge in [0.2, 0.25) is 10.0 Å². The van der Waals surface area contributed by atoms with Crippen LogP contribution in [0.15, 0.2) is 41.3 Å². The molecule has 0 saturated carbocycles. The standard InChI is InChI=1S/C21H19Cl2N3O4S2/c1-12-20(32(29,30)26-6-8-31-9-7-26)19(15-10-13(22)2-4-17(15)24-12)25-18-5-3-14(23)11-16(18)21(27)28/h2-5,10-11H,6-9H2,1H3,(H,24,25)(H,27,28). The van der Waals surface area contributed by atoms with Crippen LogP contribution < -0.4 is 5.32 Å². The molecule has 0 bridgehead atoms. The topological polar surface area (TPSA) is 99.6 Å². The Balaban J connectivity index is 1.99. The summed E-state index contributed by atoms with van der Waals surface area (Å²) in [6.45, 7) is 2.41. The molecule has 1 aliphatic heterocycles. The third-order valence-electron chi connectivity index (χ3n) is 5.11. The number of pyridine rings is 1. The Kier molecular flexibility index (Phi) is 6.56. The fourth-order valence-electron chi connectivity index (χ4n) is 3.63. The molecule has 0 aliphatic carbocycles. The second-order valence-corrected chi connectivity index (χ2v) is 11.2. The molecule has 168 valence electrons. The number of carbonyl (C=O) groups is 1. The van der Waals surface area contributed by atoms with Crippen LogP contribution in [0.1, 0.15) is 16.1 Å². The summed E-state index contributed by atoms with van der Waals surface area (Å²) in [6, 6.07) is 9.34. The van der Waals surface area contributed by atoms with Gasteiger partial charge in [-0.3, -0.25) is 4.98 Å². The van der Waals surface area contributed by atoms with Gasteiger partial charge in [-0.25, -0.2) is 13.2 Å². The van der Waals surface area contributed by atoms with E-state index >= 15 is 0 Å². The highest BCUT2D eigenvalue weighted by molar-refractivity contribution is 7.99. The minimum absolute atomic E-state index is 0.00505. The van der Waals surface area contributed by atoms with E-state index in [2.05, 4.69) is 10.3 Å². The highest BCUT2D eigenvalue weighted by Crippen LogP contribution is 2.38. The maximum Gasteiger partial charge on any atom is 0.337 e. The SMILES string of the molecule is Cc1nc2ccc(Cl)cc2c(Nc2ccc(Cl)cc2C(=O)O)c1S(=O)(=O)N1CCSCC1. The third-order valence-corrected chi connectivity index (χ3v) is 8.58. The maximum atomic E-state index is 13.7. The first-order chi connectivity index (χ1) is 15.2. The summed E-state index contributed by atoms with van der Waals surface area (Å²) in [5.41, 5.74) is 1.21. The van der Waals surface area contributed by atoms with Crippen LogP contribution in [0.3, 0.4) is 0 Å². The second-order valence-electron chi connectivity index (χ2n) is 7.20.